The van der Waals surface area contributed by atoms with Gasteiger partial charge in [0.05, 0.1) is 20.0 Å². The lowest BCUT2D eigenvalue weighted by atomic mass is 9.87. The molecule has 0 atom stereocenters. The zero-order chi connectivity index (χ0) is 28.4. The minimum absolute atomic E-state index is 0.183. The van der Waals surface area contributed by atoms with Crippen molar-refractivity contribution in [3.05, 3.63) is 106 Å². The van der Waals surface area contributed by atoms with E-state index in [0.717, 1.165) is 39.6 Å². The molecule has 1 heterocycles. The summed E-state index contributed by atoms with van der Waals surface area (Å²) in [4.78, 5) is 7.76. The first-order valence-electron chi connectivity index (χ1n) is 14.6. The van der Waals surface area contributed by atoms with Crippen molar-refractivity contribution >= 4 is 0 Å². The van der Waals surface area contributed by atoms with Gasteiger partial charge in [-0.1, -0.05) is 135 Å². The highest BCUT2D eigenvalue weighted by molar-refractivity contribution is 5.29. The van der Waals surface area contributed by atoms with Crippen LogP contribution in [0.25, 0.3) is 0 Å². The molecular formula is C36H51N3. The van der Waals surface area contributed by atoms with Crippen molar-refractivity contribution in [3.63, 3.8) is 0 Å². The average molecular weight is 526 g/mol. The number of benzene rings is 3. The summed E-state index contributed by atoms with van der Waals surface area (Å²) in [6.45, 7) is 26.3. The number of rotatable bonds is 6. The number of hydrogen-bond donors (Lipinski definition) is 0. The summed E-state index contributed by atoms with van der Waals surface area (Å²) in [5.74, 6) is 0. The van der Waals surface area contributed by atoms with E-state index in [4.69, 9.17) is 0 Å². The predicted octanol–water partition coefficient (Wildman–Crippen LogP) is 8.27. The van der Waals surface area contributed by atoms with Crippen LogP contribution in [0.2, 0.25) is 0 Å². The summed E-state index contributed by atoms with van der Waals surface area (Å²) in [5, 5.41) is 0. The maximum absolute atomic E-state index is 2.59. The predicted molar refractivity (Wildman–Crippen MR) is 167 cm³/mol. The van der Waals surface area contributed by atoms with E-state index in [-0.39, 0.29) is 16.2 Å². The van der Waals surface area contributed by atoms with Gasteiger partial charge in [-0.05, 0) is 49.6 Å². The Morgan fingerprint density at radius 3 is 0.769 bits per heavy atom. The molecule has 0 amide bonds. The van der Waals surface area contributed by atoms with Gasteiger partial charge in [-0.25, -0.2) is 0 Å². The second-order valence-electron chi connectivity index (χ2n) is 14.8. The van der Waals surface area contributed by atoms with Crippen LogP contribution < -0.4 is 0 Å². The Kier molecular flexibility index (Phi) is 8.76. The highest BCUT2D eigenvalue weighted by atomic mass is 15.5. The summed E-state index contributed by atoms with van der Waals surface area (Å²) in [7, 11) is 0. The third kappa shape index (κ3) is 8.27. The van der Waals surface area contributed by atoms with E-state index in [9.17, 15) is 0 Å². The summed E-state index contributed by atoms with van der Waals surface area (Å²) >= 11 is 0. The summed E-state index contributed by atoms with van der Waals surface area (Å²) in [5.41, 5.74) is 8.88. The Bertz CT molecular complexity index is 1030. The smallest absolute Gasteiger partial charge is 0.0537 e. The number of nitrogens with zero attached hydrogens (tertiary/aromatic N) is 3. The van der Waals surface area contributed by atoms with Gasteiger partial charge in [0.15, 0.2) is 0 Å². The summed E-state index contributed by atoms with van der Waals surface area (Å²) < 4.78 is 0. The molecule has 0 N–H and O–H groups in total. The first-order chi connectivity index (χ1) is 18.2. The van der Waals surface area contributed by atoms with Gasteiger partial charge in [0.2, 0.25) is 0 Å². The van der Waals surface area contributed by atoms with Gasteiger partial charge in [0.1, 0.15) is 0 Å². The molecule has 1 aliphatic rings. The van der Waals surface area contributed by atoms with Crippen LogP contribution in [0.3, 0.4) is 0 Å². The van der Waals surface area contributed by atoms with Crippen LogP contribution in [0.15, 0.2) is 72.8 Å². The fraction of sp³-hybridized carbons (Fsp3) is 0.500. The molecule has 39 heavy (non-hydrogen) atoms. The van der Waals surface area contributed by atoms with E-state index >= 15 is 0 Å². The Hall–Kier alpha value is -2.46. The van der Waals surface area contributed by atoms with Crippen LogP contribution in [0.5, 0.6) is 0 Å². The van der Waals surface area contributed by atoms with Gasteiger partial charge >= 0.3 is 0 Å². The highest BCUT2D eigenvalue weighted by Crippen LogP contribution is 2.26. The Morgan fingerprint density at radius 2 is 0.590 bits per heavy atom. The largest absolute Gasteiger partial charge is 0.273 e. The van der Waals surface area contributed by atoms with Crippen LogP contribution in [0.4, 0.5) is 0 Å². The SMILES string of the molecule is CC(C)(C)c1ccc(CN2CN(Cc3ccc(C(C)(C)C)cc3)CN(Cc3ccc(C(C)(C)C)cc3)C2)cc1. The van der Waals surface area contributed by atoms with E-state index in [1.165, 1.54) is 33.4 Å². The lowest BCUT2D eigenvalue weighted by molar-refractivity contribution is -0.0422. The minimum atomic E-state index is 0.183. The van der Waals surface area contributed by atoms with E-state index in [1.807, 2.05) is 0 Å². The van der Waals surface area contributed by atoms with E-state index in [1.54, 1.807) is 0 Å². The molecule has 0 spiro atoms. The molecule has 1 aliphatic heterocycles. The van der Waals surface area contributed by atoms with Gasteiger partial charge in [-0.3, -0.25) is 14.7 Å². The fourth-order valence-electron chi connectivity index (χ4n) is 5.39. The molecule has 3 aromatic carbocycles. The normalized spacial score (nSPS) is 16.5. The minimum Gasteiger partial charge on any atom is -0.273 e. The van der Waals surface area contributed by atoms with Crippen LogP contribution in [-0.4, -0.2) is 34.7 Å². The second kappa shape index (κ2) is 11.6. The Labute approximate surface area is 238 Å². The quantitative estimate of drug-likeness (QED) is 0.321. The summed E-state index contributed by atoms with van der Waals surface area (Å²) in [6.07, 6.45) is 0. The van der Waals surface area contributed by atoms with Crippen LogP contribution in [0, 0.1) is 0 Å². The lowest BCUT2D eigenvalue weighted by Crippen LogP contribution is -2.53. The van der Waals surface area contributed by atoms with Crippen molar-refractivity contribution in [1.82, 2.24) is 14.7 Å². The molecule has 0 bridgehead atoms. The van der Waals surface area contributed by atoms with E-state index < -0.39 is 0 Å². The van der Waals surface area contributed by atoms with Crippen LogP contribution >= 0.6 is 0 Å². The van der Waals surface area contributed by atoms with Gasteiger partial charge in [0.25, 0.3) is 0 Å². The molecule has 3 heteroatoms. The van der Waals surface area contributed by atoms with E-state index in [2.05, 4.69) is 150 Å². The van der Waals surface area contributed by atoms with Crippen molar-refractivity contribution in [2.75, 3.05) is 20.0 Å². The van der Waals surface area contributed by atoms with Gasteiger partial charge in [0, 0.05) is 19.6 Å². The molecule has 210 valence electrons. The van der Waals surface area contributed by atoms with Crippen molar-refractivity contribution in [1.29, 1.82) is 0 Å². The first kappa shape index (κ1) is 29.5. The molecule has 0 radical (unpaired) electrons. The Morgan fingerprint density at radius 1 is 0.385 bits per heavy atom. The second-order valence-corrected chi connectivity index (χ2v) is 14.8. The molecule has 3 aromatic rings. The van der Waals surface area contributed by atoms with Crippen LogP contribution in [-0.2, 0) is 35.9 Å². The van der Waals surface area contributed by atoms with E-state index in [0.29, 0.717) is 0 Å². The zero-order valence-corrected chi connectivity index (χ0v) is 26.0. The monoisotopic (exact) mass is 525 g/mol. The third-order valence-corrected chi connectivity index (χ3v) is 7.88. The maximum Gasteiger partial charge on any atom is 0.0537 e. The summed E-state index contributed by atoms with van der Waals surface area (Å²) in [6, 6.07) is 27.8. The third-order valence-electron chi connectivity index (χ3n) is 7.88. The topological polar surface area (TPSA) is 9.72 Å². The standard InChI is InChI=1S/C36H51N3/c1-34(2,3)31-16-10-28(11-17-31)22-37-25-38(23-29-12-18-32(19-13-29)35(4,5)6)27-39(26-37)24-30-14-20-33(21-15-30)36(7,8)9/h10-21H,22-27H2,1-9H3. The molecule has 1 saturated heterocycles. The molecule has 0 saturated carbocycles. The van der Waals surface area contributed by atoms with Gasteiger partial charge in [-0.15, -0.1) is 0 Å². The lowest BCUT2D eigenvalue weighted by Gasteiger charge is -2.42. The van der Waals surface area contributed by atoms with Crippen molar-refractivity contribution < 1.29 is 0 Å². The molecule has 3 nitrogen and oxygen atoms in total. The molecule has 1 fully saturated rings. The van der Waals surface area contributed by atoms with Crippen molar-refractivity contribution in [2.24, 2.45) is 0 Å². The average Bonchev–Trinajstić information content (AvgIpc) is 2.83. The fourth-order valence-corrected chi connectivity index (χ4v) is 5.39. The number of hydrogen-bond acceptors (Lipinski definition) is 3. The van der Waals surface area contributed by atoms with Gasteiger partial charge < -0.3 is 0 Å². The van der Waals surface area contributed by atoms with Crippen LogP contribution in [0.1, 0.15) is 95.7 Å². The maximum atomic E-state index is 2.59. The molecule has 0 unspecified atom stereocenters. The molecular weight excluding hydrogens is 474 g/mol. The van der Waals surface area contributed by atoms with Crippen molar-refractivity contribution in [2.45, 2.75) is 98.2 Å². The first-order valence-corrected chi connectivity index (χ1v) is 14.6. The Balaban J connectivity index is 1.49. The van der Waals surface area contributed by atoms with Crippen molar-refractivity contribution in [3.8, 4) is 0 Å². The van der Waals surface area contributed by atoms with Gasteiger partial charge in [-0.2, -0.15) is 0 Å². The molecule has 0 aromatic heterocycles. The molecule has 4 rings (SSSR count). The zero-order valence-electron chi connectivity index (χ0n) is 26.0. The molecule has 0 aliphatic carbocycles. The highest BCUT2D eigenvalue weighted by Gasteiger charge is 2.25.